The van der Waals surface area contributed by atoms with E-state index in [9.17, 15) is 4.79 Å². The Morgan fingerprint density at radius 2 is 1.86 bits per heavy atom. The lowest BCUT2D eigenvalue weighted by atomic mass is 10.1. The summed E-state index contributed by atoms with van der Waals surface area (Å²) in [6.07, 6.45) is 2.41. The van der Waals surface area contributed by atoms with Gasteiger partial charge in [-0.25, -0.2) is 4.98 Å². The lowest BCUT2D eigenvalue weighted by Crippen LogP contribution is -2.23. The smallest absolute Gasteiger partial charge is 0.282 e. The molecule has 0 spiro atoms. The van der Waals surface area contributed by atoms with Gasteiger partial charge in [0.25, 0.3) is 5.56 Å². The fourth-order valence-corrected chi connectivity index (χ4v) is 4.33. The molecule has 4 aromatic rings. The van der Waals surface area contributed by atoms with Gasteiger partial charge in [0.05, 0.1) is 32.2 Å². The standard InChI is InChI=1S/C26H21BrCl3N3O2/c1-3-15(2)25-32-23-8-6-18(27)12-19(23)26(34)33(25)31-13-16-5-9-24(22(30)10-16)35-14-17-4-7-20(28)21(29)11-17/h4-13,15H,3,14H2,1-2H3/t15-/m0/s1. The van der Waals surface area contributed by atoms with Gasteiger partial charge in [0.1, 0.15) is 18.2 Å². The van der Waals surface area contributed by atoms with Crippen molar-refractivity contribution in [3.05, 3.63) is 101 Å². The molecule has 0 radical (unpaired) electrons. The van der Waals surface area contributed by atoms with Gasteiger partial charge in [-0.3, -0.25) is 4.79 Å². The largest absolute Gasteiger partial charge is 0.487 e. The minimum atomic E-state index is -0.226. The zero-order chi connectivity index (χ0) is 25.1. The molecule has 4 rings (SSSR count). The highest BCUT2D eigenvalue weighted by atomic mass is 79.9. The molecule has 0 unspecified atom stereocenters. The Bertz CT molecular complexity index is 1490. The van der Waals surface area contributed by atoms with E-state index in [0.717, 1.165) is 16.5 Å². The molecule has 180 valence electrons. The third-order valence-corrected chi connectivity index (χ3v) is 7.07. The van der Waals surface area contributed by atoms with Crippen LogP contribution in [0.15, 0.2) is 69.0 Å². The van der Waals surface area contributed by atoms with E-state index in [1.165, 1.54) is 4.68 Å². The number of nitrogens with zero attached hydrogens (tertiary/aromatic N) is 3. The van der Waals surface area contributed by atoms with E-state index in [0.29, 0.717) is 43.1 Å². The van der Waals surface area contributed by atoms with Crippen LogP contribution in [0.2, 0.25) is 15.1 Å². The maximum absolute atomic E-state index is 13.3. The summed E-state index contributed by atoms with van der Waals surface area (Å²) in [5.74, 6) is 1.18. The number of fused-ring (bicyclic) bond motifs is 1. The fourth-order valence-electron chi connectivity index (χ4n) is 3.41. The summed E-state index contributed by atoms with van der Waals surface area (Å²) in [6, 6.07) is 16.1. The van der Waals surface area contributed by atoms with Crippen molar-refractivity contribution in [2.45, 2.75) is 32.8 Å². The molecular weight excluding hydrogens is 573 g/mol. The molecule has 0 aliphatic carbocycles. The van der Waals surface area contributed by atoms with Crippen molar-refractivity contribution >= 4 is 67.9 Å². The maximum atomic E-state index is 13.3. The van der Waals surface area contributed by atoms with E-state index >= 15 is 0 Å². The van der Waals surface area contributed by atoms with Gasteiger partial charge in [-0.05, 0) is 66.1 Å². The molecule has 1 atom stereocenters. The zero-order valence-corrected chi connectivity index (χ0v) is 22.8. The van der Waals surface area contributed by atoms with Crippen LogP contribution >= 0.6 is 50.7 Å². The molecule has 0 amide bonds. The number of benzene rings is 3. The molecule has 0 fully saturated rings. The van der Waals surface area contributed by atoms with Crippen LogP contribution in [0.25, 0.3) is 10.9 Å². The second kappa shape index (κ2) is 11.1. The van der Waals surface area contributed by atoms with E-state index in [-0.39, 0.29) is 18.1 Å². The van der Waals surface area contributed by atoms with E-state index in [1.54, 1.807) is 36.5 Å². The maximum Gasteiger partial charge on any atom is 0.282 e. The van der Waals surface area contributed by atoms with Crippen molar-refractivity contribution in [2.75, 3.05) is 0 Å². The summed E-state index contributed by atoms with van der Waals surface area (Å²) in [5, 5.41) is 6.35. The fraction of sp³-hybridized carbons (Fsp3) is 0.192. The van der Waals surface area contributed by atoms with Gasteiger partial charge in [0.15, 0.2) is 0 Å². The molecule has 0 saturated heterocycles. The Morgan fingerprint density at radius 1 is 1.06 bits per heavy atom. The molecule has 0 aliphatic rings. The number of hydrogen-bond acceptors (Lipinski definition) is 4. The first kappa shape index (κ1) is 25.7. The van der Waals surface area contributed by atoms with Crippen LogP contribution in [0.4, 0.5) is 0 Å². The Labute approximate surface area is 226 Å². The van der Waals surface area contributed by atoms with Crippen molar-refractivity contribution in [3.8, 4) is 5.75 Å². The minimum absolute atomic E-state index is 0.0497. The van der Waals surface area contributed by atoms with Gasteiger partial charge in [-0.1, -0.05) is 70.6 Å². The predicted octanol–water partition coefficient (Wildman–Crippen LogP) is 8.09. The summed E-state index contributed by atoms with van der Waals surface area (Å²) in [7, 11) is 0. The van der Waals surface area contributed by atoms with Gasteiger partial charge < -0.3 is 4.74 Å². The van der Waals surface area contributed by atoms with Crippen molar-refractivity contribution in [1.82, 2.24) is 9.66 Å². The van der Waals surface area contributed by atoms with Gasteiger partial charge in [0.2, 0.25) is 0 Å². The second-order valence-electron chi connectivity index (χ2n) is 8.03. The molecule has 0 saturated carbocycles. The molecule has 0 N–H and O–H groups in total. The predicted molar refractivity (Wildman–Crippen MR) is 148 cm³/mol. The number of rotatable bonds is 7. The van der Waals surface area contributed by atoms with Gasteiger partial charge in [0, 0.05) is 10.4 Å². The van der Waals surface area contributed by atoms with Gasteiger partial charge in [-0.15, -0.1) is 0 Å². The van der Waals surface area contributed by atoms with E-state index in [2.05, 4.69) is 21.0 Å². The van der Waals surface area contributed by atoms with Crippen LogP contribution < -0.4 is 10.3 Å². The van der Waals surface area contributed by atoms with Crippen LogP contribution in [0.3, 0.4) is 0 Å². The van der Waals surface area contributed by atoms with Crippen LogP contribution in [-0.4, -0.2) is 15.9 Å². The molecule has 0 aliphatic heterocycles. The highest BCUT2D eigenvalue weighted by Gasteiger charge is 2.15. The molecule has 1 aromatic heterocycles. The SMILES string of the molecule is CC[C@H](C)c1nc2ccc(Br)cc2c(=O)n1N=Cc1ccc(OCc2ccc(Cl)c(Cl)c2)c(Cl)c1. The topological polar surface area (TPSA) is 56.5 Å². The normalized spacial score (nSPS) is 12.4. The summed E-state index contributed by atoms with van der Waals surface area (Å²) in [5.41, 5.74) is 2.00. The first-order chi connectivity index (χ1) is 16.8. The van der Waals surface area contributed by atoms with Crippen LogP contribution in [-0.2, 0) is 6.61 Å². The molecule has 1 heterocycles. The minimum Gasteiger partial charge on any atom is -0.487 e. The van der Waals surface area contributed by atoms with Crippen molar-refractivity contribution in [2.24, 2.45) is 5.10 Å². The number of hydrogen-bond donors (Lipinski definition) is 0. The van der Waals surface area contributed by atoms with Gasteiger partial charge >= 0.3 is 0 Å². The highest BCUT2D eigenvalue weighted by Crippen LogP contribution is 2.28. The van der Waals surface area contributed by atoms with E-state index in [4.69, 9.17) is 44.5 Å². The molecule has 5 nitrogen and oxygen atoms in total. The lowest BCUT2D eigenvalue weighted by Gasteiger charge is -2.14. The Morgan fingerprint density at radius 3 is 2.57 bits per heavy atom. The summed E-state index contributed by atoms with van der Waals surface area (Å²) < 4.78 is 8.00. The van der Waals surface area contributed by atoms with Crippen LogP contribution in [0.5, 0.6) is 5.75 Å². The second-order valence-corrected chi connectivity index (χ2v) is 10.2. The first-order valence-corrected chi connectivity index (χ1v) is 12.8. The molecule has 35 heavy (non-hydrogen) atoms. The average molecular weight is 594 g/mol. The molecule has 9 heteroatoms. The third-order valence-electron chi connectivity index (χ3n) is 5.54. The zero-order valence-electron chi connectivity index (χ0n) is 18.9. The number of ether oxygens (including phenoxy) is 1. The summed E-state index contributed by atoms with van der Waals surface area (Å²) in [6.45, 7) is 4.36. The van der Waals surface area contributed by atoms with Crippen molar-refractivity contribution < 1.29 is 4.74 Å². The van der Waals surface area contributed by atoms with Gasteiger partial charge in [-0.2, -0.15) is 9.78 Å². The van der Waals surface area contributed by atoms with Crippen molar-refractivity contribution in [1.29, 1.82) is 0 Å². The Balaban J connectivity index is 1.61. The summed E-state index contributed by atoms with van der Waals surface area (Å²) in [4.78, 5) is 18.0. The lowest BCUT2D eigenvalue weighted by molar-refractivity contribution is 0.306. The first-order valence-electron chi connectivity index (χ1n) is 10.9. The summed E-state index contributed by atoms with van der Waals surface area (Å²) >= 11 is 21.9. The molecule has 0 bridgehead atoms. The van der Waals surface area contributed by atoms with Crippen LogP contribution in [0, 0.1) is 0 Å². The van der Waals surface area contributed by atoms with E-state index in [1.807, 2.05) is 38.1 Å². The number of aromatic nitrogens is 2. The highest BCUT2D eigenvalue weighted by molar-refractivity contribution is 9.10. The molecule has 3 aromatic carbocycles. The third kappa shape index (κ3) is 5.89. The number of halogens is 4. The monoisotopic (exact) mass is 591 g/mol. The van der Waals surface area contributed by atoms with E-state index < -0.39 is 0 Å². The molecular formula is C26H21BrCl3N3O2. The average Bonchev–Trinajstić information content (AvgIpc) is 2.84. The Kier molecular flexibility index (Phi) is 8.17. The quantitative estimate of drug-likeness (QED) is 0.204. The van der Waals surface area contributed by atoms with Crippen LogP contribution in [0.1, 0.15) is 43.1 Å². The Hall–Kier alpha value is -2.38. The van der Waals surface area contributed by atoms with Crippen molar-refractivity contribution in [3.63, 3.8) is 0 Å².